The summed E-state index contributed by atoms with van der Waals surface area (Å²) in [5.41, 5.74) is 2.59. The third kappa shape index (κ3) is 6.59. The molecule has 4 rings (SSSR count). The number of benzene rings is 3. The molecule has 1 unspecified atom stereocenters. The van der Waals surface area contributed by atoms with Gasteiger partial charge in [0.15, 0.2) is 17.6 Å². The van der Waals surface area contributed by atoms with Crippen LogP contribution in [0.4, 0.5) is 11.4 Å². The number of amides is 2. The van der Waals surface area contributed by atoms with Gasteiger partial charge in [-0.2, -0.15) is 0 Å². The normalized spacial score (nSPS) is 14.2. The molecule has 0 aliphatic carbocycles. The summed E-state index contributed by atoms with van der Waals surface area (Å²) in [6.07, 6.45) is -0.675. The van der Waals surface area contributed by atoms with Crippen LogP contribution < -0.4 is 33.9 Å². The maximum atomic E-state index is 13.3. The summed E-state index contributed by atoms with van der Waals surface area (Å²) in [6, 6.07) is 16.3. The first-order valence-corrected chi connectivity index (χ1v) is 13.5. The first-order chi connectivity index (χ1) is 19.3. The van der Waals surface area contributed by atoms with Crippen molar-refractivity contribution >= 4 is 23.2 Å². The molecule has 0 spiro atoms. The zero-order chi connectivity index (χ0) is 28.6. The summed E-state index contributed by atoms with van der Waals surface area (Å²) in [5, 5.41) is 2.91. The quantitative estimate of drug-likeness (QED) is 0.313. The highest BCUT2D eigenvalue weighted by Crippen LogP contribution is 2.40. The largest absolute Gasteiger partial charge is 0.492 e. The molecule has 0 aromatic heterocycles. The summed E-state index contributed by atoms with van der Waals surface area (Å²) in [6.45, 7) is 11.2. The Hall–Kier alpha value is -4.40. The van der Waals surface area contributed by atoms with Crippen molar-refractivity contribution in [1.82, 2.24) is 0 Å². The van der Waals surface area contributed by atoms with Crippen LogP contribution in [0.3, 0.4) is 0 Å². The lowest BCUT2D eigenvalue weighted by Crippen LogP contribution is -2.46. The van der Waals surface area contributed by atoms with E-state index in [4.69, 9.17) is 23.7 Å². The number of hydrogen-bond acceptors (Lipinski definition) is 7. The van der Waals surface area contributed by atoms with Crippen molar-refractivity contribution in [2.24, 2.45) is 0 Å². The topological polar surface area (TPSA) is 95.6 Å². The number of carbonyl (C=O) groups excluding carboxylic acids is 2. The van der Waals surface area contributed by atoms with Gasteiger partial charge >= 0.3 is 0 Å². The molecule has 2 amide bonds. The number of rotatable bonds is 12. The van der Waals surface area contributed by atoms with Crippen LogP contribution in [0.5, 0.6) is 28.7 Å². The Morgan fingerprint density at radius 1 is 0.925 bits per heavy atom. The minimum Gasteiger partial charge on any atom is -0.492 e. The van der Waals surface area contributed by atoms with Gasteiger partial charge in [0, 0.05) is 17.3 Å². The van der Waals surface area contributed by atoms with E-state index in [0.29, 0.717) is 72.9 Å². The zero-order valence-electron chi connectivity index (χ0n) is 23.6. The molecule has 1 heterocycles. The summed E-state index contributed by atoms with van der Waals surface area (Å²) in [4.78, 5) is 27.8. The van der Waals surface area contributed by atoms with Crippen LogP contribution in [-0.4, -0.2) is 50.9 Å². The van der Waals surface area contributed by atoms with E-state index >= 15 is 0 Å². The van der Waals surface area contributed by atoms with Crippen LogP contribution in [0.2, 0.25) is 0 Å². The van der Waals surface area contributed by atoms with E-state index in [9.17, 15) is 9.59 Å². The highest BCUT2D eigenvalue weighted by Gasteiger charge is 2.31. The molecule has 9 heteroatoms. The van der Waals surface area contributed by atoms with Crippen molar-refractivity contribution < 1.29 is 33.3 Å². The van der Waals surface area contributed by atoms with Gasteiger partial charge in [0.1, 0.15) is 18.1 Å². The first-order valence-electron chi connectivity index (χ1n) is 13.5. The predicted octanol–water partition coefficient (Wildman–Crippen LogP) is 5.64. The molecule has 0 fully saturated rings. The number of nitrogens with zero attached hydrogens (tertiary/aromatic N) is 1. The Labute approximate surface area is 234 Å². The second kappa shape index (κ2) is 13.1. The Morgan fingerprint density at radius 3 is 2.27 bits per heavy atom. The third-order valence-electron chi connectivity index (χ3n) is 6.17. The fraction of sp³-hybridized carbons (Fsp3) is 0.355. The Morgan fingerprint density at radius 2 is 1.62 bits per heavy atom. The van der Waals surface area contributed by atoms with Crippen LogP contribution in [0.15, 0.2) is 54.6 Å². The number of ether oxygens (including phenoxy) is 5. The van der Waals surface area contributed by atoms with Gasteiger partial charge in [-0.15, -0.1) is 0 Å². The number of anilines is 2. The first kappa shape index (κ1) is 28.6. The van der Waals surface area contributed by atoms with Gasteiger partial charge in [-0.05, 0) is 76.6 Å². The molecule has 40 heavy (non-hydrogen) atoms. The highest BCUT2D eigenvalue weighted by atomic mass is 16.5. The van der Waals surface area contributed by atoms with Crippen LogP contribution in [0, 0.1) is 6.92 Å². The van der Waals surface area contributed by atoms with Crippen molar-refractivity contribution in [3.8, 4) is 28.7 Å². The lowest BCUT2D eigenvalue weighted by molar-refractivity contribution is -0.125. The molecule has 1 N–H and O–H groups in total. The van der Waals surface area contributed by atoms with Crippen molar-refractivity contribution in [2.75, 3.05) is 43.2 Å². The Bertz CT molecular complexity index is 1330. The van der Waals surface area contributed by atoms with Crippen molar-refractivity contribution in [3.63, 3.8) is 0 Å². The SMILES string of the molecule is CCOc1cc(C(=O)Nc2ccc3c(c2)OC(C)C(=O)N3CCOc2cccc(C)c2)cc(OCC)c1OCC. The number of hydrogen-bond donors (Lipinski definition) is 1. The number of aryl methyl sites for hydroxylation is 1. The number of fused-ring (bicyclic) bond motifs is 1. The second-order valence-corrected chi connectivity index (χ2v) is 9.15. The van der Waals surface area contributed by atoms with E-state index in [1.165, 1.54) is 0 Å². The van der Waals surface area contributed by atoms with E-state index in [1.54, 1.807) is 42.2 Å². The molecule has 1 aliphatic rings. The summed E-state index contributed by atoms with van der Waals surface area (Å²) in [7, 11) is 0. The van der Waals surface area contributed by atoms with Crippen molar-refractivity contribution in [1.29, 1.82) is 0 Å². The lowest BCUT2D eigenvalue weighted by Gasteiger charge is -2.33. The van der Waals surface area contributed by atoms with E-state index in [2.05, 4.69) is 5.32 Å². The molecule has 1 atom stereocenters. The monoisotopic (exact) mass is 548 g/mol. The maximum absolute atomic E-state index is 13.3. The summed E-state index contributed by atoms with van der Waals surface area (Å²) < 4.78 is 29.0. The highest BCUT2D eigenvalue weighted by molar-refractivity contribution is 6.06. The van der Waals surface area contributed by atoms with E-state index in [1.807, 2.05) is 52.0 Å². The Balaban J connectivity index is 1.52. The van der Waals surface area contributed by atoms with Crippen molar-refractivity contribution in [3.05, 3.63) is 65.7 Å². The van der Waals surface area contributed by atoms with Gasteiger partial charge in [0.05, 0.1) is 32.1 Å². The van der Waals surface area contributed by atoms with Crippen LogP contribution in [0.1, 0.15) is 43.6 Å². The predicted molar refractivity (Wildman–Crippen MR) is 153 cm³/mol. The minimum atomic E-state index is -0.675. The molecular formula is C31H36N2O7. The van der Waals surface area contributed by atoms with Crippen molar-refractivity contribution in [2.45, 2.75) is 40.7 Å². The van der Waals surface area contributed by atoms with Gasteiger partial charge < -0.3 is 33.9 Å². The van der Waals surface area contributed by atoms with Crippen LogP contribution >= 0.6 is 0 Å². The molecule has 1 aliphatic heterocycles. The van der Waals surface area contributed by atoms with E-state index in [-0.39, 0.29) is 11.8 Å². The summed E-state index contributed by atoms with van der Waals surface area (Å²) in [5.74, 6) is 2.08. The molecule has 212 valence electrons. The molecule has 0 bridgehead atoms. The molecule has 9 nitrogen and oxygen atoms in total. The van der Waals surface area contributed by atoms with Gasteiger partial charge in [0.2, 0.25) is 5.75 Å². The van der Waals surface area contributed by atoms with Gasteiger partial charge in [0.25, 0.3) is 11.8 Å². The standard InChI is InChI=1S/C31H36N2O7/c1-6-36-27-17-22(18-28(37-7-2)29(27)38-8-3)30(34)32-23-12-13-25-26(19-23)40-21(5)31(35)33(25)14-15-39-24-11-9-10-20(4)16-24/h9-13,16-19,21H,6-8,14-15H2,1-5H3,(H,32,34). The molecule has 0 radical (unpaired) electrons. The van der Waals surface area contributed by atoms with E-state index < -0.39 is 6.10 Å². The average molecular weight is 549 g/mol. The second-order valence-electron chi connectivity index (χ2n) is 9.15. The lowest BCUT2D eigenvalue weighted by atomic mass is 10.1. The van der Waals surface area contributed by atoms with Crippen LogP contribution in [0.25, 0.3) is 0 Å². The number of nitrogens with one attached hydrogen (secondary N) is 1. The molecule has 3 aromatic carbocycles. The van der Waals surface area contributed by atoms with Gasteiger partial charge in [-0.1, -0.05) is 12.1 Å². The average Bonchev–Trinajstić information content (AvgIpc) is 2.92. The number of carbonyl (C=O) groups is 2. The van der Waals surface area contributed by atoms with Gasteiger partial charge in [-0.25, -0.2) is 0 Å². The fourth-order valence-corrected chi connectivity index (χ4v) is 4.40. The molecular weight excluding hydrogens is 512 g/mol. The van der Waals surface area contributed by atoms with Crippen LogP contribution in [-0.2, 0) is 4.79 Å². The van der Waals surface area contributed by atoms with E-state index in [0.717, 1.165) is 11.3 Å². The summed E-state index contributed by atoms with van der Waals surface area (Å²) >= 11 is 0. The Kier molecular flexibility index (Phi) is 9.37. The minimum absolute atomic E-state index is 0.154. The van der Waals surface area contributed by atoms with Gasteiger partial charge in [-0.3, -0.25) is 9.59 Å². The molecule has 3 aromatic rings. The molecule has 0 saturated carbocycles. The fourth-order valence-electron chi connectivity index (χ4n) is 4.40. The third-order valence-corrected chi connectivity index (χ3v) is 6.17. The maximum Gasteiger partial charge on any atom is 0.267 e. The smallest absolute Gasteiger partial charge is 0.267 e. The zero-order valence-corrected chi connectivity index (χ0v) is 23.6. The molecule has 0 saturated heterocycles.